The minimum Gasteiger partial charge on any atom is -0.289 e. The van der Waals surface area contributed by atoms with E-state index in [4.69, 9.17) is 0 Å². The molecular formula is C21H27N3O3. The van der Waals surface area contributed by atoms with Crippen molar-refractivity contribution in [2.24, 2.45) is 21.1 Å². The molecule has 0 aliphatic heterocycles. The fraction of sp³-hybridized carbons (Fsp3) is 0.476. The third kappa shape index (κ3) is 4.76. The molecule has 1 aromatic carbocycles. The van der Waals surface area contributed by atoms with Gasteiger partial charge in [0.15, 0.2) is 5.78 Å². The SMILES string of the molecule is CC1(N=Nc2cccc([N+](=O)[O-])c2)C=C(C(C)(C)C)C(=O)C(C(C)(C)C)=C1. The number of nitro benzene ring substituents is 1. The van der Waals surface area contributed by atoms with Crippen LogP contribution in [0.3, 0.4) is 0 Å². The number of carbonyl (C=O) groups is 1. The average molecular weight is 369 g/mol. The van der Waals surface area contributed by atoms with Crippen LogP contribution >= 0.6 is 0 Å². The molecule has 2 rings (SSSR count). The number of allylic oxidation sites excluding steroid dienone is 2. The van der Waals surface area contributed by atoms with E-state index in [2.05, 4.69) is 10.2 Å². The Labute approximate surface area is 160 Å². The van der Waals surface area contributed by atoms with Crippen molar-refractivity contribution in [1.82, 2.24) is 0 Å². The van der Waals surface area contributed by atoms with Crippen molar-refractivity contribution in [3.8, 4) is 0 Å². The van der Waals surface area contributed by atoms with Crippen LogP contribution in [0.5, 0.6) is 0 Å². The maximum Gasteiger partial charge on any atom is 0.271 e. The van der Waals surface area contributed by atoms with Gasteiger partial charge in [0.2, 0.25) is 0 Å². The number of hydrogen-bond donors (Lipinski definition) is 0. The molecule has 0 amide bonds. The maximum absolute atomic E-state index is 13.0. The van der Waals surface area contributed by atoms with Gasteiger partial charge in [-0.25, -0.2) is 0 Å². The highest BCUT2D eigenvalue weighted by Gasteiger charge is 2.39. The number of nitrogens with zero attached hydrogens (tertiary/aromatic N) is 3. The Bertz CT molecular complexity index is 831. The van der Waals surface area contributed by atoms with E-state index in [1.807, 2.05) is 60.6 Å². The number of Topliss-reactive ketones (excluding diaryl/α,β-unsaturated/α-hetero) is 1. The van der Waals surface area contributed by atoms with Gasteiger partial charge >= 0.3 is 0 Å². The van der Waals surface area contributed by atoms with Crippen LogP contribution in [0.25, 0.3) is 0 Å². The summed E-state index contributed by atoms with van der Waals surface area (Å²) in [6.45, 7) is 13.9. The van der Waals surface area contributed by atoms with Gasteiger partial charge in [-0.3, -0.25) is 14.9 Å². The zero-order valence-corrected chi connectivity index (χ0v) is 17.0. The molecule has 0 heterocycles. The molecule has 0 saturated heterocycles. The lowest BCUT2D eigenvalue weighted by molar-refractivity contribution is -0.384. The Hall–Kier alpha value is -2.63. The molecule has 0 N–H and O–H groups in total. The summed E-state index contributed by atoms with van der Waals surface area (Å²) in [7, 11) is 0. The number of azo groups is 1. The monoisotopic (exact) mass is 369 g/mol. The van der Waals surface area contributed by atoms with E-state index < -0.39 is 10.5 Å². The van der Waals surface area contributed by atoms with Crippen molar-refractivity contribution < 1.29 is 9.72 Å². The third-order valence-corrected chi connectivity index (χ3v) is 4.40. The van der Waals surface area contributed by atoms with E-state index in [1.54, 1.807) is 12.1 Å². The maximum atomic E-state index is 13.0. The molecule has 0 radical (unpaired) electrons. The van der Waals surface area contributed by atoms with Crippen molar-refractivity contribution in [3.63, 3.8) is 0 Å². The number of non-ortho nitro benzene ring substituents is 1. The van der Waals surface area contributed by atoms with Crippen molar-refractivity contribution in [3.05, 3.63) is 57.7 Å². The zero-order valence-electron chi connectivity index (χ0n) is 17.0. The highest BCUT2D eigenvalue weighted by Crippen LogP contribution is 2.41. The summed E-state index contributed by atoms with van der Waals surface area (Å²) < 4.78 is 0. The third-order valence-electron chi connectivity index (χ3n) is 4.40. The summed E-state index contributed by atoms with van der Waals surface area (Å²) in [6.07, 6.45) is 3.71. The molecule has 0 aromatic heterocycles. The molecule has 1 aliphatic rings. The van der Waals surface area contributed by atoms with Gasteiger partial charge in [0, 0.05) is 23.3 Å². The number of rotatable bonds is 3. The minimum absolute atomic E-state index is 0.0349. The van der Waals surface area contributed by atoms with E-state index in [0.29, 0.717) is 16.8 Å². The number of carbonyl (C=O) groups excluding carboxylic acids is 1. The van der Waals surface area contributed by atoms with Crippen molar-refractivity contribution in [2.45, 2.75) is 54.0 Å². The number of benzene rings is 1. The van der Waals surface area contributed by atoms with E-state index >= 15 is 0 Å². The number of ketones is 1. The number of nitro groups is 1. The normalized spacial score (nSPS) is 17.7. The Morgan fingerprint density at radius 2 is 1.52 bits per heavy atom. The van der Waals surface area contributed by atoms with Crippen LogP contribution in [0.15, 0.2) is 57.8 Å². The predicted octanol–water partition coefficient (Wildman–Crippen LogP) is 5.96. The summed E-state index contributed by atoms with van der Waals surface area (Å²) in [5.74, 6) is 0.0398. The topological polar surface area (TPSA) is 84.9 Å². The van der Waals surface area contributed by atoms with Gasteiger partial charge < -0.3 is 0 Å². The molecule has 1 aliphatic carbocycles. The summed E-state index contributed by atoms with van der Waals surface area (Å²) in [5, 5.41) is 19.6. The Morgan fingerprint density at radius 3 is 1.96 bits per heavy atom. The van der Waals surface area contributed by atoms with Gasteiger partial charge in [0.05, 0.1) is 10.6 Å². The Morgan fingerprint density at radius 1 is 1.00 bits per heavy atom. The van der Waals surface area contributed by atoms with Crippen molar-refractivity contribution in [1.29, 1.82) is 0 Å². The first-order chi connectivity index (χ1) is 12.2. The highest BCUT2D eigenvalue weighted by atomic mass is 16.6. The minimum atomic E-state index is -0.802. The Kier molecular flexibility index (Phi) is 5.23. The van der Waals surface area contributed by atoms with Crippen LogP contribution in [0.2, 0.25) is 0 Å². The summed E-state index contributed by atoms with van der Waals surface area (Å²) in [6, 6.07) is 6.03. The second-order valence-electron chi connectivity index (χ2n) is 9.15. The largest absolute Gasteiger partial charge is 0.289 e. The molecule has 1 aromatic rings. The molecule has 6 heteroatoms. The van der Waals surface area contributed by atoms with Gasteiger partial charge in [-0.15, -0.1) is 0 Å². The molecular weight excluding hydrogens is 342 g/mol. The van der Waals surface area contributed by atoms with Crippen LogP contribution in [0, 0.1) is 20.9 Å². The van der Waals surface area contributed by atoms with Crippen molar-refractivity contribution >= 4 is 17.2 Å². The van der Waals surface area contributed by atoms with Gasteiger partial charge in [-0.2, -0.15) is 10.2 Å². The standard InChI is InChI=1S/C21H27N3O3/c1-19(2,3)16-12-21(7,13-17(18(16)25)20(4,5)6)23-22-14-9-8-10-15(11-14)24(26)27/h8-13H,1-7H3. The average Bonchev–Trinajstić information content (AvgIpc) is 2.53. The smallest absolute Gasteiger partial charge is 0.271 e. The van der Waals surface area contributed by atoms with Gasteiger partial charge in [-0.1, -0.05) is 47.6 Å². The number of hydrogen-bond acceptors (Lipinski definition) is 5. The molecule has 27 heavy (non-hydrogen) atoms. The van der Waals surface area contributed by atoms with E-state index in [-0.39, 0.29) is 22.3 Å². The van der Waals surface area contributed by atoms with Crippen molar-refractivity contribution in [2.75, 3.05) is 0 Å². The Balaban J connectivity index is 2.52. The first-order valence-corrected chi connectivity index (χ1v) is 8.92. The molecule has 144 valence electrons. The van der Waals surface area contributed by atoms with Gasteiger partial charge in [0.1, 0.15) is 5.54 Å². The molecule has 0 spiro atoms. The molecule has 0 atom stereocenters. The lowest BCUT2D eigenvalue weighted by atomic mass is 9.69. The van der Waals surface area contributed by atoms with E-state index in [1.165, 1.54) is 12.1 Å². The van der Waals surface area contributed by atoms with Gasteiger partial charge in [-0.05, 0) is 36.0 Å². The summed E-state index contributed by atoms with van der Waals surface area (Å²) in [4.78, 5) is 23.5. The second-order valence-corrected chi connectivity index (χ2v) is 9.15. The first kappa shape index (κ1) is 20.7. The highest BCUT2D eigenvalue weighted by molar-refractivity contribution is 6.11. The summed E-state index contributed by atoms with van der Waals surface area (Å²) in [5.41, 5.74) is 0.315. The quantitative estimate of drug-likeness (QED) is 0.374. The van der Waals surface area contributed by atoms with Crippen LogP contribution in [0.1, 0.15) is 48.5 Å². The van der Waals surface area contributed by atoms with Crippen LogP contribution in [0.4, 0.5) is 11.4 Å². The fourth-order valence-electron chi connectivity index (χ4n) is 2.91. The first-order valence-electron chi connectivity index (χ1n) is 8.92. The molecule has 0 bridgehead atoms. The van der Waals surface area contributed by atoms with E-state index in [9.17, 15) is 14.9 Å². The van der Waals surface area contributed by atoms with Crippen LogP contribution in [-0.4, -0.2) is 16.2 Å². The molecule has 6 nitrogen and oxygen atoms in total. The lowest BCUT2D eigenvalue weighted by Crippen LogP contribution is -2.34. The summed E-state index contributed by atoms with van der Waals surface area (Å²) >= 11 is 0. The van der Waals surface area contributed by atoms with Crippen LogP contribution in [-0.2, 0) is 4.79 Å². The predicted molar refractivity (Wildman–Crippen MR) is 106 cm³/mol. The second kappa shape index (κ2) is 6.83. The lowest BCUT2D eigenvalue weighted by Gasteiger charge is -2.35. The molecule has 0 saturated carbocycles. The fourth-order valence-corrected chi connectivity index (χ4v) is 2.91. The van der Waals surface area contributed by atoms with Gasteiger partial charge in [0.25, 0.3) is 5.69 Å². The molecule has 0 fully saturated rings. The van der Waals surface area contributed by atoms with E-state index in [0.717, 1.165) is 0 Å². The zero-order chi connectivity index (χ0) is 20.6. The van der Waals surface area contributed by atoms with Crippen LogP contribution < -0.4 is 0 Å². The molecule has 0 unspecified atom stereocenters.